The van der Waals surface area contributed by atoms with Crippen LogP contribution in [-0.4, -0.2) is 14.5 Å². The molecule has 100 valence electrons. The number of rotatable bonds is 3. The molecule has 0 spiro atoms. The van der Waals surface area contributed by atoms with E-state index in [1.165, 1.54) is 0 Å². The monoisotopic (exact) mass is 255 g/mol. The van der Waals surface area contributed by atoms with Gasteiger partial charge in [-0.1, -0.05) is 38.6 Å². The van der Waals surface area contributed by atoms with Crippen LogP contribution in [0.2, 0.25) is 0 Å². The van der Waals surface area contributed by atoms with Gasteiger partial charge in [0.05, 0.1) is 11.4 Å². The van der Waals surface area contributed by atoms with Crippen molar-refractivity contribution >= 4 is 6.08 Å². The summed E-state index contributed by atoms with van der Waals surface area (Å²) in [5, 5.41) is 0. The molecular formula is C16H21N3. The molecule has 3 heteroatoms. The van der Waals surface area contributed by atoms with E-state index in [-0.39, 0.29) is 0 Å². The summed E-state index contributed by atoms with van der Waals surface area (Å²) in [5.41, 5.74) is 2.95. The Bertz CT molecular complexity index is 551. The molecular weight excluding hydrogens is 234 g/mol. The van der Waals surface area contributed by atoms with Gasteiger partial charge in [0.15, 0.2) is 5.82 Å². The Labute approximate surface area is 115 Å². The van der Waals surface area contributed by atoms with Crippen LogP contribution in [0.5, 0.6) is 0 Å². The lowest BCUT2D eigenvalue weighted by Crippen LogP contribution is -1.96. The highest BCUT2D eigenvalue weighted by atomic mass is 15.1. The molecule has 3 nitrogen and oxygen atoms in total. The molecule has 2 rings (SSSR count). The fourth-order valence-electron chi connectivity index (χ4n) is 1.76. The maximum atomic E-state index is 4.55. The average molecular weight is 255 g/mol. The van der Waals surface area contributed by atoms with Crippen molar-refractivity contribution < 1.29 is 0 Å². The van der Waals surface area contributed by atoms with Crippen LogP contribution in [0.15, 0.2) is 43.1 Å². The number of aryl methyl sites for hydroxylation is 1. The molecule has 0 N–H and O–H groups in total. The first-order chi connectivity index (χ1) is 9.24. The molecule has 0 amide bonds. The van der Waals surface area contributed by atoms with Crippen LogP contribution in [0.3, 0.4) is 0 Å². The van der Waals surface area contributed by atoms with Crippen molar-refractivity contribution in [1.29, 1.82) is 0 Å². The fraction of sp³-hybridized carbons (Fsp3) is 0.250. The van der Waals surface area contributed by atoms with E-state index in [4.69, 9.17) is 0 Å². The van der Waals surface area contributed by atoms with Gasteiger partial charge in [-0.25, -0.2) is 4.98 Å². The Morgan fingerprint density at radius 1 is 1.26 bits per heavy atom. The van der Waals surface area contributed by atoms with Crippen LogP contribution < -0.4 is 0 Å². The third-order valence-electron chi connectivity index (χ3n) is 2.61. The zero-order chi connectivity index (χ0) is 14.3. The third-order valence-corrected chi connectivity index (χ3v) is 2.61. The number of aromatic nitrogens is 3. The van der Waals surface area contributed by atoms with E-state index in [2.05, 4.69) is 16.5 Å². The van der Waals surface area contributed by atoms with Crippen molar-refractivity contribution in [1.82, 2.24) is 14.5 Å². The van der Waals surface area contributed by atoms with Gasteiger partial charge in [-0.2, -0.15) is 0 Å². The van der Waals surface area contributed by atoms with Gasteiger partial charge < -0.3 is 4.57 Å². The summed E-state index contributed by atoms with van der Waals surface area (Å²) in [6.07, 6.45) is 7.44. The predicted molar refractivity (Wildman–Crippen MR) is 81.8 cm³/mol. The SMILES string of the molecule is C=C/C=C\c1c(C)nc(-c2ccccn2)n1C.CC. The van der Waals surface area contributed by atoms with E-state index in [1.807, 2.05) is 62.7 Å². The van der Waals surface area contributed by atoms with E-state index < -0.39 is 0 Å². The highest BCUT2D eigenvalue weighted by molar-refractivity contribution is 5.58. The first-order valence-electron chi connectivity index (χ1n) is 6.48. The van der Waals surface area contributed by atoms with Gasteiger partial charge in [0.25, 0.3) is 0 Å². The van der Waals surface area contributed by atoms with Crippen molar-refractivity contribution in [3.05, 3.63) is 54.5 Å². The quantitative estimate of drug-likeness (QED) is 0.776. The Morgan fingerprint density at radius 2 is 2.00 bits per heavy atom. The molecule has 0 aliphatic heterocycles. The summed E-state index contributed by atoms with van der Waals surface area (Å²) in [6, 6.07) is 5.83. The Hall–Kier alpha value is -2.16. The molecule has 0 aliphatic carbocycles. The second kappa shape index (κ2) is 7.31. The summed E-state index contributed by atoms with van der Waals surface area (Å²) in [4.78, 5) is 8.87. The van der Waals surface area contributed by atoms with Crippen molar-refractivity contribution in [3.63, 3.8) is 0 Å². The maximum Gasteiger partial charge on any atom is 0.159 e. The molecule has 2 aromatic rings. The molecule has 0 unspecified atom stereocenters. The van der Waals surface area contributed by atoms with Crippen LogP contribution in [0, 0.1) is 6.92 Å². The van der Waals surface area contributed by atoms with Gasteiger partial charge in [-0.3, -0.25) is 4.98 Å². The number of pyridine rings is 1. The summed E-state index contributed by atoms with van der Waals surface area (Å²) in [5.74, 6) is 0.881. The second-order valence-electron chi connectivity index (χ2n) is 3.77. The lowest BCUT2D eigenvalue weighted by molar-refractivity contribution is 0.906. The molecule has 0 bridgehead atoms. The lowest BCUT2D eigenvalue weighted by Gasteiger charge is -2.02. The van der Waals surface area contributed by atoms with Crippen LogP contribution in [0.4, 0.5) is 0 Å². The average Bonchev–Trinajstić information content (AvgIpc) is 2.75. The topological polar surface area (TPSA) is 30.7 Å². The third kappa shape index (κ3) is 3.41. The minimum atomic E-state index is 0.881. The first kappa shape index (κ1) is 14.9. The summed E-state index contributed by atoms with van der Waals surface area (Å²) in [6.45, 7) is 9.67. The summed E-state index contributed by atoms with van der Waals surface area (Å²) < 4.78 is 2.04. The molecule has 0 saturated carbocycles. The maximum absolute atomic E-state index is 4.55. The Kier molecular flexibility index (Phi) is 5.73. The highest BCUT2D eigenvalue weighted by Gasteiger charge is 2.11. The van der Waals surface area contributed by atoms with Crippen molar-refractivity contribution in [2.24, 2.45) is 7.05 Å². The molecule has 0 saturated heterocycles. The van der Waals surface area contributed by atoms with Gasteiger partial charge in [0.1, 0.15) is 5.69 Å². The van der Waals surface area contributed by atoms with Gasteiger partial charge in [-0.05, 0) is 25.1 Å². The minimum Gasteiger partial charge on any atom is -0.326 e. The number of hydrogen-bond donors (Lipinski definition) is 0. The normalized spacial score (nSPS) is 10.1. The Balaban J connectivity index is 0.000000861. The van der Waals surface area contributed by atoms with E-state index in [9.17, 15) is 0 Å². The van der Waals surface area contributed by atoms with Gasteiger partial charge >= 0.3 is 0 Å². The van der Waals surface area contributed by atoms with Crippen molar-refractivity contribution in [3.8, 4) is 11.5 Å². The van der Waals surface area contributed by atoms with Crippen LogP contribution >= 0.6 is 0 Å². The van der Waals surface area contributed by atoms with Crippen LogP contribution in [0.1, 0.15) is 25.2 Å². The molecule has 0 atom stereocenters. The largest absolute Gasteiger partial charge is 0.326 e. The first-order valence-corrected chi connectivity index (χ1v) is 6.48. The van der Waals surface area contributed by atoms with Gasteiger partial charge in [0.2, 0.25) is 0 Å². The minimum absolute atomic E-state index is 0.881. The smallest absolute Gasteiger partial charge is 0.159 e. The van der Waals surface area contributed by atoms with Gasteiger partial charge in [0, 0.05) is 13.2 Å². The van der Waals surface area contributed by atoms with Crippen molar-refractivity contribution in [2.45, 2.75) is 20.8 Å². The number of imidazole rings is 1. The fourth-order valence-corrected chi connectivity index (χ4v) is 1.76. The second-order valence-corrected chi connectivity index (χ2v) is 3.77. The molecule has 0 fully saturated rings. The summed E-state index contributed by atoms with van der Waals surface area (Å²) >= 11 is 0. The summed E-state index contributed by atoms with van der Waals surface area (Å²) in [7, 11) is 1.99. The molecule has 2 heterocycles. The van der Waals surface area contributed by atoms with Crippen LogP contribution in [-0.2, 0) is 7.05 Å². The number of allylic oxidation sites excluding steroid dienone is 2. The molecule has 0 aliphatic rings. The van der Waals surface area contributed by atoms with Gasteiger partial charge in [-0.15, -0.1) is 0 Å². The highest BCUT2D eigenvalue weighted by Crippen LogP contribution is 2.19. The molecule has 0 radical (unpaired) electrons. The molecule has 2 aromatic heterocycles. The number of hydrogen-bond acceptors (Lipinski definition) is 2. The standard InChI is InChI=1S/C14H15N3.C2H6/c1-4-5-9-13-11(2)16-14(17(13)3)12-8-6-7-10-15-12;1-2/h4-10H,1H2,2-3H3;1-2H3/b9-5-;. The van der Waals surface area contributed by atoms with E-state index in [1.54, 1.807) is 12.3 Å². The lowest BCUT2D eigenvalue weighted by atomic mass is 10.3. The van der Waals surface area contributed by atoms with Crippen LogP contribution in [0.25, 0.3) is 17.6 Å². The molecule has 0 aromatic carbocycles. The number of nitrogens with zero attached hydrogens (tertiary/aromatic N) is 3. The van der Waals surface area contributed by atoms with E-state index >= 15 is 0 Å². The van der Waals surface area contributed by atoms with Crippen molar-refractivity contribution in [2.75, 3.05) is 0 Å². The zero-order valence-corrected chi connectivity index (χ0v) is 12.1. The predicted octanol–water partition coefficient (Wildman–Crippen LogP) is 4.02. The Morgan fingerprint density at radius 3 is 2.58 bits per heavy atom. The van der Waals surface area contributed by atoms with E-state index in [0.717, 1.165) is 22.9 Å². The zero-order valence-electron chi connectivity index (χ0n) is 12.1. The van der Waals surface area contributed by atoms with E-state index in [0.29, 0.717) is 0 Å². The molecule has 19 heavy (non-hydrogen) atoms.